The number of hydrogen-bond donors (Lipinski definition) is 1. The number of benzene rings is 1. The highest BCUT2D eigenvalue weighted by Gasteiger charge is 2.50. The molecule has 1 aromatic carbocycles. The Hall–Kier alpha value is -0.820. The summed E-state index contributed by atoms with van der Waals surface area (Å²) in [6, 6.07) is 6.85. The summed E-state index contributed by atoms with van der Waals surface area (Å²) in [6.45, 7) is 7.49. The van der Waals surface area contributed by atoms with Crippen molar-refractivity contribution >= 4 is 0 Å². The second-order valence-electron chi connectivity index (χ2n) is 4.93. The Labute approximate surface area is 86.3 Å². The number of aryl methyl sites for hydroxylation is 2. The topological polar surface area (TPSA) is 26.0 Å². The summed E-state index contributed by atoms with van der Waals surface area (Å²) < 4.78 is 0. The van der Waals surface area contributed by atoms with Gasteiger partial charge in [0.15, 0.2) is 0 Å². The number of rotatable bonds is 2. The van der Waals surface area contributed by atoms with Crippen LogP contribution < -0.4 is 5.73 Å². The van der Waals surface area contributed by atoms with Crippen molar-refractivity contribution in [2.24, 2.45) is 11.7 Å². The van der Waals surface area contributed by atoms with Gasteiger partial charge in [0, 0.05) is 0 Å². The molecule has 1 aromatic rings. The van der Waals surface area contributed by atoms with E-state index in [4.69, 9.17) is 5.73 Å². The molecule has 0 amide bonds. The summed E-state index contributed by atoms with van der Waals surface area (Å²) in [7, 11) is 0. The molecule has 1 aliphatic rings. The molecule has 0 radical (unpaired) electrons. The van der Waals surface area contributed by atoms with E-state index in [1.165, 1.54) is 23.1 Å². The van der Waals surface area contributed by atoms with E-state index in [1.54, 1.807) is 0 Å². The summed E-state index contributed by atoms with van der Waals surface area (Å²) in [6.07, 6.45) is 1.26. The van der Waals surface area contributed by atoms with Crippen LogP contribution in [-0.2, 0) is 5.41 Å². The average molecular weight is 189 g/mol. The third-order valence-corrected chi connectivity index (χ3v) is 3.58. The van der Waals surface area contributed by atoms with Crippen molar-refractivity contribution in [2.75, 3.05) is 6.54 Å². The molecule has 0 aliphatic heterocycles. The van der Waals surface area contributed by atoms with Crippen molar-refractivity contribution in [2.45, 2.75) is 32.6 Å². The molecule has 1 nitrogen and oxygen atoms in total. The number of hydrogen-bond acceptors (Lipinski definition) is 1. The first kappa shape index (κ1) is 9.72. The van der Waals surface area contributed by atoms with Gasteiger partial charge in [-0.05, 0) is 43.7 Å². The van der Waals surface area contributed by atoms with Crippen LogP contribution in [0.3, 0.4) is 0 Å². The Kier molecular flexibility index (Phi) is 2.15. The van der Waals surface area contributed by atoms with Gasteiger partial charge in [0.1, 0.15) is 0 Å². The second-order valence-corrected chi connectivity index (χ2v) is 4.93. The normalized spacial score (nSPS) is 30.4. The molecule has 14 heavy (non-hydrogen) atoms. The lowest BCUT2D eigenvalue weighted by molar-refractivity contribution is 0.665. The second kappa shape index (κ2) is 3.09. The molecule has 1 fully saturated rings. The molecule has 1 aliphatic carbocycles. The Morgan fingerprint density at radius 3 is 2.29 bits per heavy atom. The molecule has 1 saturated carbocycles. The van der Waals surface area contributed by atoms with E-state index in [0.29, 0.717) is 11.3 Å². The third-order valence-electron chi connectivity index (χ3n) is 3.58. The fourth-order valence-corrected chi connectivity index (χ4v) is 2.45. The minimum atomic E-state index is 0.367. The van der Waals surface area contributed by atoms with Crippen LogP contribution >= 0.6 is 0 Å². The van der Waals surface area contributed by atoms with Crippen LogP contribution in [0.25, 0.3) is 0 Å². The summed E-state index contributed by atoms with van der Waals surface area (Å²) in [4.78, 5) is 0. The minimum absolute atomic E-state index is 0.367. The molecule has 2 N–H and O–H groups in total. The molecule has 0 aromatic heterocycles. The molecule has 2 rings (SSSR count). The van der Waals surface area contributed by atoms with Crippen LogP contribution in [0.5, 0.6) is 0 Å². The standard InChI is InChI=1S/C13H19N/c1-9-4-10(2)6-11(5-9)13(3)7-12(13)8-14/h4-6,12H,7-8,14H2,1-3H3. The SMILES string of the molecule is Cc1cc(C)cc(C2(C)CC2CN)c1. The van der Waals surface area contributed by atoms with Gasteiger partial charge in [0.2, 0.25) is 0 Å². The van der Waals surface area contributed by atoms with E-state index in [0.717, 1.165) is 6.54 Å². The number of nitrogens with two attached hydrogens (primary N) is 1. The maximum absolute atomic E-state index is 5.72. The summed E-state index contributed by atoms with van der Waals surface area (Å²) in [5, 5.41) is 0. The van der Waals surface area contributed by atoms with Gasteiger partial charge in [-0.1, -0.05) is 36.2 Å². The van der Waals surface area contributed by atoms with Gasteiger partial charge in [-0.25, -0.2) is 0 Å². The molecule has 2 atom stereocenters. The lowest BCUT2D eigenvalue weighted by Crippen LogP contribution is -2.12. The zero-order valence-corrected chi connectivity index (χ0v) is 9.30. The van der Waals surface area contributed by atoms with Gasteiger partial charge < -0.3 is 5.73 Å². The molecular weight excluding hydrogens is 170 g/mol. The van der Waals surface area contributed by atoms with E-state index in [-0.39, 0.29) is 0 Å². The first-order valence-corrected chi connectivity index (χ1v) is 5.35. The van der Waals surface area contributed by atoms with Gasteiger partial charge in [0.25, 0.3) is 0 Å². The maximum Gasteiger partial charge on any atom is -0.00311 e. The Morgan fingerprint density at radius 2 is 1.86 bits per heavy atom. The van der Waals surface area contributed by atoms with Crippen LogP contribution in [0.2, 0.25) is 0 Å². The van der Waals surface area contributed by atoms with Gasteiger partial charge in [-0.15, -0.1) is 0 Å². The van der Waals surface area contributed by atoms with E-state index in [2.05, 4.69) is 39.0 Å². The van der Waals surface area contributed by atoms with Crippen molar-refractivity contribution < 1.29 is 0 Å². The van der Waals surface area contributed by atoms with Gasteiger partial charge in [-0.3, -0.25) is 0 Å². The predicted molar refractivity (Wildman–Crippen MR) is 60.4 cm³/mol. The van der Waals surface area contributed by atoms with Crippen LogP contribution in [-0.4, -0.2) is 6.54 Å². The molecule has 0 bridgehead atoms. The van der Waals surface area contributed by atoms with Gasteiger partial charge in [0.05, 0.1) is 0 Å². The third kappa shape index (κ3) is 1.46. The van der Waals surface area contributed by atoms with E-state index in [1.807, 2.05) is 0 Å². The zero-order valence-electron chi connectivity index (χ0n) is 9.30. The van der Waals surface area contributed by atoms with Crippen molar-refractivity contribution in [3.05, 3.63) is 34.9 Å². The van der Waals surface area contributed by atoms with Crippen LogP contribution in [0.4, 0.5) is 0 Å². The molecule has 0 spiro atoms. The highest BCUT2D eigenvalue weighted by molar-refractivity contribution is 5.38. The fraction of sp³-hybridized carbons (Fsp3) is 0.538. The Balaban J connectivity index is 2.34. The van der Waals surface area contributed by atoms with Gasteiger partial charge >= 0.3 is 0 Å². The highest BCUT2D eigenvalue weighted by Crippen LogP contribution is 2.53. The molecule has 76 valence electrons. The fourth-order valence-electron chi connectivity index (χ4n) is 2.45. The quantitative estimate of drug-likeness (QED) is 0.760. The van der Waals surface area contributed by atoms with Crippen LogP contribution in [0.1, 0.15) is 30.0 Å². The largest absolute Gasteiger partial charge is 0.330 e. The monoisotopic (exact) mass is 189 g/mol. The van der Waals surface area contributed by atoms with Crippen molar-refractivity contribution in [3.8, 4) is 0 Å². The maximum atomic E-state index is 5.72. The minimum Gasteiger partial charge on any atom is -0.330 e. The molecule has 0 saturated heterocycles. The van der Waals surface area contributed by atoms with Crippen LogP contribution in [0.15, 0.2) is 18.2 Å². The smallest absolute Gasteiger partial charge is 0.00311 e. The molecule has 2 unspecified atom stereocenters. The van der Waals surface area contributed by atoms with Gasteiger partial charge in [-0.2, -0.15) is 0 Å². The lowest BCUT2D eigenvalue weighted by atomic mass is 9.92. The summed E-state index contributed by atoms with van der Waals surface area (Å²) in [5.41, 5.74) is 10.3. The first-order chi connectivity index (χ1) is 6.56. The van der Waals surface area contributed by atoms with E-state index < -0.39 is 0 Å². The molecule has 1 heteroatoms. The van der Waals surface area contributed by atoms with Crippen LogP contribution in [0, 0.1) is 19.8 Å². The van der Waals surface area contributed by atoms with E-state index in [9.17, 15) is 0 Å². The van der Waals surface area contributed by atoms with E-state index >= 15 is 0 Å². The molecular formula is C13H19N. The lowest BCUT2D eigenvalue weighted by Gasteiger charge is -2.13. The average Bonchev–Trinajstić information content (AvgIpc) is 2.77. The highest BCUT2D eigenvalue weighted by atomic mass is 14.7. The zero-order chi connectivity index (χ0) is 10.3. The van der Waals surface area contributed by atoms with Crippen molar-refractivity contribution in [3.63, 3.8) is 0 Å². The first-order valence-electron chi connectivity index (χ1n) is 5.35. The van der Waals surface area contributed by atoms with Crippen molar-refractivity contribution in [1.82, 2.24) is 0 Å². The predicted octanol–water partition coefficient (Wildman–Crippen LogP) is 2.54. The summed E-state index contributed by atoms with van der Waals surface area (Å²) in [5.74, 6) is 0.698. The Bertz CT molecular complexity index is 336. The Morgan fingerprint density at radius 1 is 1.29 bits per heavy atom. The molecule has 0 heterocycles. The van der Waals surface area contributed by atoms with Crippen molar-refractivity contribution in [1.29, 1.82) is 0 Å². The summed E-state index contributed by atoms with van der Waals surface area (Å²) >= 11 is 0.